The van der Waals surface area contributed by atoms with E-state index in [1.807, 2.05) is 11.3 Å². The number of rotatable bonds is 6. The van der Waals surface area contributed by atoms with Crippen LogP contribution in [-0.4, -0.2) is 12.1 Å². The zero-order valence-corrected chi connectivity index (χ0v) is 27.8. The Kier molecular flexibility index (Phi) is 6.69. The number of hydrogen-bond acceptors (Lipinski definition) is 3. The largest absolute Gasteiger partial charge is 0.366 e. The molecule has 234 valence electrons. The van der Waals surface area contributed by atoms with Gasteiger partial charge < -0.3 is 9.80 Å². The van der Waals surface area contributed by atoms with Gasteiger partial charge in [-0.2, -0.15) is 0 Å². The minimum absolute atomic E-state index is 0.734. The smallest absolute Gasteiger partial charge is 0.0640 e. The van der Waals surface area contributed by atoms with Crippen molar-refractivity contribution in [1.29, 1.82) is 0 Å². The minimum Gasteiger partial charge on any atom is -0.366 e. The van der Waals surface area contributed by atoms with E-state index < -0.39 is 0 Å². The van der Waals surface area contributed by atoms with E-state index >= 15 is 0 Å². The van der Waals surface area contributed by atoms with Crippen LogP contribution < -0.4 is 9.80 Å². The van der Waals surface area contributed by atoms with Crippen molar-refractivity contribution in [2.75, 3.05) is 9.80 Å². The first-order valence-electron chi connectivity index (χ1n) is 17.6. The van der Waals surface area contributed by atoms with Crippen molar-refractivity contribution in [1.82, 2.24) is 0 Å². The zero-order chi connectivity index (χ0) is 31.6. The third-order valence-corrected chi connectivity index (χ3v) is 12.5. The summed E-state index contributed by atoms with van der Waals surface area (Å²) in [6.45, 7) is 0. The van der Waals surface area contributed by atoms with Crippen LogP contribution in [-0.2, 0) is 0 Å². The van der Waals surface area contributed by atoms with Gasteiger partial charge in [0.2, 0.25) is 0 Å². The van der Waals surface area contributed by atoms with Crippen molar-refractivity contribution in [2.45, 2.75) is 44.2 Å². The summed E-state index contributed by atoms with van der Waals surface area (Å²) in [7, 11) is 0. The second-order valence-electron chi connectivity index (χ2n) is 14.2. The molecule has 2 aliphatic heterocycles. The van der Waals surface area contributed by atoms with Gasteiger partial charge in [0.05, 0.1) is 10.4 Å². The fourth-order valence-electron chi connectivity index (χ4n) is 9.37. The normalized spacial score (nSPS) is 21.3. The van der Waals surface area contributed by atoms with Crippen molar-refractivity contribution in [3.63, 3.8) is 0 Å². The average Bonchev–Trinajstić information content (AvgIpc) is 3.52. The summed E-state index contributed by atoms with van der Waals surface area (Å²) in [6, 6.07) is 55.3. The van der Waals surface area contributed by atoms with E-state index in [0.29, 0.717) is 0 Å². The zero-order valence-electron chi connectivity index (χ0n) is 27.0. The molecular weight excluding hydrogens is 601 g/mol. The van der Waals surface area contributed by atoms with Crippen LogP contribution in [0, 0.1) is 11.8 Å². The van der Waals surface area contributed by atoms with Crippen molar-refractivity contribution >= 4 is 54.3 Å². The van der Waals surface area contributed by atoms with Crippen LogP contribution in [0.15, 0.2) is 146 Å². The van der Waals surface area contributed by atoms with Gasteiger partial charge in [-0.15, -0.1) is 11.3 Å². The van der Waals surface area contributed by atoms with Gasteiger partial charge in [0, 0.05) is 44.6 Å². The molecule has 4 bridgehead atoms. The van der Waals surface area contributed by atoms with Gasteiger partial charge in [-0.05, 0) is 115 Å². The Balaban J connectivity index is 1.04. The molecule has 3 heterocycles. The second kappa shape index (κ2) is 11.4. The lowest BCUT2D eigenvalue weighted by Crippen LogP contribution is -2.58. The average molecular weight is 639 g/mol. The van der Waals surface area contributed by atoms with Crippen LogP contribution in [0.5, 0.6) is 0 Å². The Morgan fingerprint density at radius 3 is 1.75 bits per heavy atom. The number of benzene rings is 6. The van der Waals surface area contributed by atoms with Crippen molar-refractivity contribution < 1.29 is 0 Å². The molecule has 0 N–H and O–H groups in total. The highest BCUT2D eigenvalue weighted by Gasteiger charge is 2.46. The monoisotopic (exact) mass is 638 g/mol. The summed E-state index contributed by atoms with van der Waals surface area (Å²) in [5.74, 6) is 1.94. The van der Waals surface area contributed by atoms with Crippen LogP contribution in [0.4, 0.5) is 22.7 Å². The van der Waals surface area contributed by atoms with Gasteiger partial charge >= 0.3 is 0 Å². The Labute approximate surface area is 286 Å². The molecular formula is C45H38N2S. The van der Waals surface area contributed by atoms with Crippen molar-refractivity contribution in [2.24, 2.45) is 11.8 Å². The molecule has 7 aromatic rings. The quantitative estimate of drug-likeness (QED) is 0.179. The summed E-state index contributed by atoms with van der Waals surface area (Å²) in [5.41, 5.74) is 9.99. The summed E-state index contributed by atoms with van der Waals surface area (Å²) in [6.07, 6.45) is 7.04. The molecule has 3 heteroatoms. The first kappa shape index (κ1) is 28.2. The van der Waals surface area contributed by atoms with Crippen LogP contribution in [0.2, 0.25) is 0 Å². The van der Waals surface area contributed by atoms with Gasteiger partial charge in [0.1, 0.15) is 0 Å². The Morgan fingerprint density at radius 1 is 0.479 bits per heavy atom. The highest BCUT2D eigenvalue weighted by molar-refractivity contribution is 7.26. The molecule has 4 aliphatic rings. The topological polar surface area (TPSA) is 6.48 Å². The molecule has 4 fully saturated rings. The number of nitrogens with zero attached hydrogens (tertiary/aromatic N) is 2. The van der Waals surface area contributed by atoms with Gasteiger partial charge in [-0.25, -0.2) is 0 Å². The SMILES string of the molecule is c1ccc(-c2ccc(N(c3ccc(-c4cccc(N5C6CC7CC(C6)CC5C7)c4)cc3)c3cccc4c3sc3ccccc34)cc2)cc1. The van der Waals surface area contributed by atoms with Gasteiger partial charge in [-0.3, -0.25) is 0 Å². The standard InChI is InChI=1S/C45H38N2S/c1-2-8-32(9-3-1)33-16-20-36(21-17-33)47(43-14-7-13-42-41-12-4-5-15-44(41)48-45(42)43)37-22-18-34(19-23-37)35-10-6-11-38(29-35)46-39-25-30-24-31(27-39)28-40(46)26-30/h1-23,29-31,39-40H,24-28H2. The van der Waals surface area contributed by atoms with E-state index in [9.17, 15) is 0 Å². The molecule has 48 heavy (non-hydrogen) atoms. The highest BCUT2D eigenvalue weighted by Crippen LogP contribution is 2.51. The van der Waals surface area contributed by atoms with Crippen molar-refractivity contribution in [3.8, 4) is 22.3 Å². The molecule has 1 aromatic heterocycles. The van der Waals surface area contributed by atoms with Crippen LogP contribution in [0.1, 0.15) is 32.1 Å². The molecule has 2 saturated heterocycles. The van der Waals surface area contributed by atoms with Crippen LogP contribution in [0.3, 0.4) is 0 Å². The minimum atomic E-state index is 0.734. The lowest BCUT2D eigenvalue weighted by molar-refractivity contribution is 0.0900. The number of thiophene rings is 1. The van der Waals surface area contributed by atoms with Crippen LogP contribution in [0.25, 0.3) is 42.4 Å². The molecule has 0 atom stereocenters. The van der Waals surface area contributed by atoms with E-state index in [-0.39, 0.29) is 0 Å². The fourth-order valence-corrected chi connectivity index (χ4v) is 10.6. The summed E-state index contributed by atoms with van der Waals surface area (Å²) >= 11 is 1.88. The third-order valence-electron chi connectivity index (χ3n) is 11.3. The maximum Gasteiger partial charge on any atom is 0.0640 e. The fraction of sp³-hybridized carbons (Fsp3) is 0.200. The Bertz CT molecular complexity index is 2220. The summed E-state index contributed by atoms with van der Waals surface area (Å²) < 4.78 is 2.64. The third kappa shape index (κ3) is 4.75. The van der Waals surface area contributed by atoms with E-state index in [2.05, 4.69) is 155 Å². The number of hydrogen-bond donors (Lipinski definition) is 0. The molecule has 2 saturated carbocycles. The molecule has 2 aliphatic carbocycles. The van der Waals surface area contributed by atoms with E-state index in [0.717, 1.165) is 35.3 Å². The van der Waals surface area contributed by atoms with E-state index in [4.69, 9.17) is 0 Å². The molecule has 11 rings (SSSR count). The highest BCUT2D eigenvalue weighted by atomic mass is 32.1. The summed E-state index contributed by atoms with van der Waals surface area (Å²) in [4.78, 5) is 5.24. The molecule has 0 spiro atoms. The summed E-state index contributed by atoms with van der Waals surface area (Å²) in [5, 5.41) is 2.64. The first-order chi connectivity index (χ1) is 23.7. The van der Waals surface area contributed by atoms with E-state index in [1.165, 1.54) is 85.9 Å². The lowest BCUT2D eigenvalue weighted by Gasteiger charge is -2.57. The lowest BCUT2D eigenvalue weighted by atomic mass is 9.63. The van der Waals surface area contributed by atoms with Crippen molar-refractivity contribution in [3.05, 3.63) is 146 Å². The maximum absolute atomic E-state index is 2.80. The molecule has 0 unspecified atom stereocenters. The predicted octanol–water partition coefficient (Wildman–Crippen LogP) is 12.6. The molecule has 0 amide bonds. The second-order valence-corrected chi connectivity index (χ2v) is 15.3. The molecule has 6 aromatic carbocycles. The number of piperidine rings is 2. The van der Waals surface area contributed by atoms with Crippen LogP contribution >= 0.6 is 11.3 Å². The maximum atomic E-state index is 2.80. The Morgan fingerprint density at radius 2 is 1.04 bits per heavy atom. The molecule has 0 radical (unpaired) electrons. The Hall–Kier alpha value is -4.86. The molecule has 2 nitrogen and oxygen atoms in total. The van der Waals surface area contributed by atoms with Gasteiger partial charge in [-0.1, -0.05) is 97.1 Å². The number of anilines is 4. The number of fused-ring (bicyclic) bond motifs is 3. The van der Waals surface area contributed by atoms with Gasteiger partial charge in [0.15, 0.2) is 0 Å². The first-order valence-corrected chi connectivity index (χ1v) is 18.4. The predicted molar refractivity (Wildman–Crippen MR) is 205 cm³/mol. The van der Waals surface area contributed by atoms with E-state index in [1.54, 1.807) is 0 Å². The van der Waals surface area contributed by atoms with Gasteiger partial charge in [0.25, 0.3) is 0 Å².